The van der Waals surface area contributed by atoms with Crippen molar-refractivity contribution in [3.05, 3.63) is 10.7 Å². The lowest BCUT2D eigenvalue weighted by Crippen LogP contribution is -2.15. The molecule has 0 aliphatic rings. The number of hydrogen-bond donors (Lipinski definition) is 2. The topological polar surface area (TPSA) is 76.7 Å². The molecule has 0 aromatic carbocycles. The maximum atomic E-state index is 5.40. The molecule has 0 saturated heterocycles. The number of aryl methyl sites for hydroxylation is 2. The molecule has 0 aliphatic carbocycles. The van der Waals surface area contributed by atoms with Crippen LogP contribution in [0.3, 0.4) is 0 Å². The van der Waals surface area contributed by atoms with Crippen LogP contribution in [0, 0.1) is 13.8 Å². The van der Waals surface area contributed by atoms with Crippen molar-refractivity contribution >= 4 is 27.6 Å². The van der Waals surface area contributed by atoms with Gasteiger partial charge < -0.3 is 11.1 Å². The smallest absolute Gasteiger partial charge is 0.225 e. The second-order valence-electron chi connectivity index (χ2n) is 3.23. The number of thiazole rings is 1. The highest BCUT2D eigenvalue weighted by molar-refractivity contribution is 7.18. The molecule has 15 heavy (non-hydrogen) atoms. The molecule has 5 nitrogen and oxygen atoms in total. The van der Waals surface area contributed by atoms with Crippen LogP contribution in [0.2, 0.25) is 0 Å². The van der Waals surface area contributed by atoms with Crippen molar-refractivity contribution < 1.29 is 0 Å². The minimum absolute atomic E-state index is 0.566. The Morgan fingerprint density at radius 1 is 1.27 bits per heavy atom. The van der Waals surface area contributed by atoms with Gasteiger partial charge in [-0.15, -0.1) is 11.3 Å². The minimum Gasteiger partial charge on any atom is -0.353 e. The maximum absolute atomic E-state index is 5.40. The van der Waals surface area contributed by atoms with Crippen molar-refractivity contribution in [1.82, 2.24) is 15.0 Å². The first-order valence-corrected chi connectivity index (χ1v) is 5.58. The second-order valence-corrected chi connectivity index (χ2v) is 4.44. The average Bonchev–Trinajstić information content (AvgIpc) is 2.56. The molecule has 0 saturated carbocycles. The lowest BCUT2D eigenvalue weighted by Gasteiger charge is -2.03. The Hall–Kier alpha value is -1.27. The number of nitrogens with two attached hydrogens (primary N) is 1. The monoisotopic (exact) mass is 223 g/mol. The molecular formula is C9H13N5S. The van der Waals surface area contributed by atoms with Gasteiger partial charge in [0.05, 0.1) is 15.4 Å². The van der Waals surface area contributed by atoms with E-state index in [9.17, 15) is 0 Å². The van der Waals surface area contributed by atoms with E-state index in [1.807, 2.05) is 13.8 Å². The number of hydrogen-bond acceptors (Lipinski definition) is 6. The van der Waals surface area contributed by atoms with Crippen molar-refractivity contribution in [3.63, 3.8) is 0 Å². The zero-order chi connectivity index (χ0) is 10.8. The van der Waals surface area contributed by atoms with Crippen molar-refractivity contribution in [2.24, 2.45) is 5.73 Å². The highest BCUT2D eigenvalue weighted by Gasteiger charge is 2.08. The summed E-state index contributed by atoms with van der Waals surface area (Å²) in [7, 11) is 0. The van der Waals surface area contributed by atoms with Crippen LogP contribution >= 0.6 is 11.3 Å². The summed E-state index contributed by atoms with van der Waals surface area (Å²) in [5, 5.41) is 4.07. The molecule has 0 bridgehead atoms. The van der Waals surface area contributed by atoms with Crippen LogP contribution < -0.4 is 11.1 Å². The lowest BCUT2D eigenvalue weighted by atomic mass is 10.4. The molecular weight excluding hydrogens is 210 g/mol. The average molecular weight is 223 g/mol. The first-order valence-electron chi connectivity index (χ1n) is 4.76. The van der Waals surface area contributed by atoms with Gasteiger partial charge in [0.15, 0.2) is 5.65 Å². The number of aromatic nitrogens is 3. The van der Waals surface area contributed by atoms with Crippen molar-refractivity contribution in [3.8, 4) is 0 Å². The number of rotatable bonds is 3. The Labute approximate surface area is 91.8 Å². The summed E-state index contributed by atoms with van der Waals surface area (Å²) in [6.07, 6.45) is 0. The largest absolute Gasteiger partial charge is 0.353 e. The number of fused-ring (bicyclic) bond motifs is 1. The minimum atomic E-state index is 0.566. The fourth-order valence-corrected chi connectivity index (χ4v) is 2.13. The third kappa shape index (κ3) is 2.05. The summed E-state index contributed by atoms with van der Waals surface area (Å²) >= 11 is 1.62. The molecule has 2 aromatic heterocycles. The van der Waals surface area contributed by atoms with E-state index in [2.05, 4.69) is 20.3 Å². The molecule has 2 aromatic rings. The van der Waals surface area contributed by atoms with Gasteiger partial charge in [-0.3, -0.25) is 0 Å². The molecule has 0 fully saturated rings. The van der Waals surface area contributed by atoms with Gasteiger partial charge in [-0.25, -0.2) is 9.97 Å². The van der Waals surface area contributed by atoms with Crippen LogP contribution in [0.25, 0.3) is 10.3 Å². The summed E-state index contributed by atoms with van der Waals surface area (Å²) in [4.78, 5) is 13.0. The van der Waals surface area contributed by atoms with Gasteiger partial charge in [-0.1, -0.05) is 0 Å². The zero-order valence-corrected chi connectivity index (χ0v) is 9.56. The van der Waals surface area contributed by atoms with E-state index in [-0.39, 0.29) is 0 Å². The molecule has 0 atom stereocenters. The van der Waals surface area contributed by atoms with Gasteiger partial charge in [-0.05, 0) is 13.8 Å². The summed E-state index contributed by atoms with van der Waals surface area (Å²) in [5.74, 6) is 0.607. The molecule has 0 spiro atoms. The first-order chi connectivity index (χ1) is 7.20. The van der Waals surface area contributed by atoms with E-state index in [0.29, 0.717) is 19.0 Å². The number of nitrogens with one attached hydrogen (secondary N) is 1. The van der Waals surface area contributed by atoms with E-state index < -0.39 is 0 Å². The first kappa shape index (κ1) is 10.3. The maximum Gasteiger partial charge on any atom is 0.225 e. The Kier molecular flexibility index (Phi) is 2.79. The van der Waals surface area contributed by atoms with Crippen LogP contribution in [0.5, 0.6) is 0 Å². The molecule has 0 amide bonds. The predicted octanol–water partition coefficient (Wildman–Crippen LogP) is 1.07. The SMILES string of the molecule is Cc1nc2nc(NCCN)nc(C)c2s1. The molecule has 2 rings (SSSR count). The molecule has 0 unspecified atom stereocenters. The van der Waals surface area contributed by atoms with Crippen molar-refractivity contribution in [2.45, 2.75) is 13.8 Å². The van der Waals surface area contributed by atoms with Gasteiger partial charge in [0.25, 0.3) is 0 Å². The van der Waals surface area contributed by atoms with Crippen LogP contribution in [0.1, 0.15) is 10.7 Å². The van der Waals surface area contributed by atoms with E-state index >= 15 is 0 Å². The molecule has 6 heteroatoms. The quantitative estimate of drug-likeness (QED) is 0.814. The van der Waals surface area contributed by atoms with Gasteiger partial charge >= 0.3 is 0 Å². The van der Waals surface area contributed by atoms with E-state index in [1.54, 1.807) is 11.3 Å². The van der Waals surface area contributed by atoms with Crippen LogP contribution in [0.4, 0.5) is 5.95 Å². The molecule has 3 N–H and O–H groups in total. The molecule has 0 radical (unpaired) electrons. The Morgan fingerprint density at radius 3 is 2.80 bits per heavy atom. The van der Waals surface area contributed by atoms with Gasteiger partial charge in [0.1, 0.15) is 0 Å². The fourth-order valence-electron chi connectivity index (χ4n) is 1.33. The third-order valence-corrected chi connectivity index (χ3v) is 3.03. The fraction of sp³-hybridized carbons (Fsp3) is 0.444. The van der Waals surface area contributed by atoms with Crippen LogP contribution in [0.15, 0.2) is 0 Å². The van der Waals surface area contributed by atoms with Gasteiger partial charge in [0.2, 0.25) is 5.95 Å². The summed E-state index contributed by atoms with van der Waals surface area (Å²) < 4.78 is 1.06. The standard InChI is InChI=1S/C9H13N5S/c1-5-7-8(13-6(2)15-7)14-9(12-5)11-4-3-10/h3-4,10H2,1-2H3,(H,11,12,14). The molecule has 2 heterocycles. The van der Waals surface area contributed by atoms with Crippen molar-refractivity contribution in [2.75, 3.05) is 18.4 Å². The van der Waals surface area contributed by atoms with Crippen LogP contribution in [-0.2, 0) is 0 Å². The Bertz CT molecular complexity index is 479. The Morgan fingerprint density at radius 2 is 2.07 bits per heavy atom. The van der Waals surface area contributed by atoms with Gasteiger partial charge in [-0.2, -0.15) is 4.98 Å². The normalized spacial score (nSPS) is 10.9. The van der Waals surface area contributed by atoms with Crippen molar-refractivity contribution in [1.29, 1.82) is 0 Å². The van der Waals surface area contributed by atoms with E-state index in [1.165, 1.54) is 0 Å². The lowest BCUT2D eigenvalue weighted by molar-refractivity contribution is 0.987. The van der Waals surface area contributed by atoms with E-state index in [0.717, 1.165) is 21.0 Å². The number of nitrogens with zero attached hydrogens (tertiary/aromatic N) is 3. The summed E-state index contributed by atoms with van der Waals surface area (Å²) in [5.41, 5.74) is 7.13. The van der Waals surface area contributed by atoms with E-state index in [4.69, 9.17) is 5.73 Å². The zero-order valence-electron chi connectivity index (χ0n) is 8.74. The predicted molar refractivity (Wildman–Crippen MR) is 62.2 cm³/mol. The second kappa shape index (κ2) is 4.08. The summed E-state index contributed by atoms with van der Waals surface area (Å²) in [6, 6.07) is 0. The third-order valence-electron chi connectivity index (χ3n) is 1.96. The molecule has 0 aliphatic heterocycles. The van der Waals surface area contributed by atoms with Crippen LogP contribution in [-0.4, -0.2) is 28.0 Å². The molecule has 80 valence electrons. The Balaban J connectivity index is 2.42. The summed E-state index contributed by atoms with van der Waals surface area (Å²) in [6.45, 7) is 5.18. The van der Waals surface area contributed by atoms with Gasteiger partial charge in [0, 0.05) is 13.1 Å². The number of anilines is 1. The highest BCUT2D eigenvalue weighted by Crippen LogP contribution is 2.23. The highest BCUT2D eigenvalue weighted by atomic mass is 32.1.